The number of hydrogen-bond donors (Lipinski definition) is 1. The summed E-state index contributed by atoms with van der Waals surface area (Å²) in [6.45, 7) is 4.16. The summed E-state index contributed by atoms with van der Waals surface area (Å²) in [5, 5.41) is 4.56. The SMILES string of the molecule is Cc1c(C(C)NC(=O)CCn2cnc3ccccc3c2=O)oc2ccccc12. The monoisotopic (exact) mass is 375 g/mol. The van der Waals surface area contributed by atoms with E-state index in [1.807, 2.05) is 44.2 Å². The van der Waals surface area contributed by atoms with Crippen molar-refractivity contribution in [1.82, 2.24) is 14.9 Å². The number of nitrogens with zero attached hydrogens (tertiary/aromatic N) is 2. The van der Waals surface area contributed by atoms with Crippen LogP contribution in [0.5, 0.6) is 0 Å². The molecule has 1 unspecified atom stereocenters. The van der Waals surface area contributed by atoms with Gasteiger partial charge in [0.1, 0.15) is 11.3 Å². The number of benzene rings is 2. The minimum atomic E-state index is -0.258. The highest BCUT2D eigenvalue weighted by atomic mass is 16.3. The Morgan fingerprint density at radius 2 is 1.86 bits per heavy atom. The van der Waals surface area contributed by atoms with Gasteiger partial charge in [0, 0.05) is 23.9 Å². The molecule has 4 rings (SSSR count). The van der Waals surface area contributed by atoms with Crippen LogP contribution in [-0.2, 0) is 11.3 Å². The van der Waals surface area contributed by atoms with Crippen molar-refractivity contribution in [3.05, 3.63) is 76.5 Å². The number of amides is 1. The largest absolute Gasteiger partial charge is 0.459 e. The maximum atomic E-state index is 12.5. The van der Waals surface area contributed by atoms with E-state index in [4.69, 9.17) is 4.42 Å². The van der Waals surface area contributed by atoms with Gasteiger partial charge in [0.15, 0.2) is 0 Å². The maximum absolute atomic E-state index is 12.5. The fourth-order valence-corrected chi connectivity index (χ4v) is 3.47. The van der Waals surface area contributed by atoms with Crippen LogP contribution in [0, 0.1) is 6.92 Å². The van der Waals surface area contributed by atoms with Gasteiger partial charge in [0.2, 0.25) is 5.91 Å². The van der Waals surface area contributed by atoms with Crippen molar-refractivity contribution in [2.75, 3.05) is 0 Å². The van der Waals surface area contributed by atoms with Crippen molar-refractivity contribution in [3.63, 3.8) is 0 Å². The maximum Gasteiger partial charge on any atom is 0.261 e. The third-order valence-electron chi connectivity index (χ3n) is 4.96. The number of aromatic nitrogens is 2. The number of nitrogens with one attached hydrogen (secondary N) is 1. The van der Waals surface area contributed by atoms with E-state index in [1.165, 1.54) is 10.9 Å². The van der Waals surface area contributed by atoms with Gasteiger partial charge >= 0.3 is 0 Å². The molecule has 0 bridgehead atoms. The molecule has 142 valence electrons. The highest BCUT2D eigenvalue weighted by Crippen LogP contribution is 2.29. The van der Waals surface area contributed by atoms with Crippen molar-refractivity contribution in [2.24, 2.45) is 0 Å². The summed E-state index contributed by atoms with van der Waals surface area (Å²) in [6, 6.07) is 14.7. The quantitative estimate of drug-likeness (QED) is 0.577. The van der Waals surface area contributed by atoms with Crippen LogP contribution < -0.4 is 10.9 Å². The van der Waals surface area contributed by atoms with Gasteiger partial charge in [-0.15, -0.1) is 0 Å². The molecule has 1 amide bonds. The van der Waals surface area contributed by atoms with Crippen molar-refractivity contribution in [2.45, 2.75) is 32.9 Å². The molecule has 0 fully saturated rings. The number of para-hydroxylation sites is 2. The number of hydrogen-bond acceptors (Lipinski definition) is 4. The number of furan rings is 1. The van der Waals surface area contributed by atoms with Gasteiger partial charge in [-0.3, -0.25) is 14.2 Å². The minimum Gasteiger partial charge on any atom is -0.459 e. The normalized spacial score (nSPS) is 12.4. The molecule has 2 aromatic carbocycles. The molecule has 6 nitrogen and oxygen atoms in total. The van der Waals surface area contributed by atoms with E-state index < -0.39 is 0 Å². The summed E-state index contributed by atoms with van der Waals surface area (Å²) in [6.07, 6.45) is 1.67. The molecule has 28 heavy (non-hydrogen) atoms. The second-order valence-electron chi connectivity index (χ2n) is 6.89. The molecule has 6 heteroatoms. The zero-order valence-electron chi connectivity index (χ0n) is 15.8. The number of carbonyl (C=O) groups is 1. The van der Waals surface area contributed by atoms with Gasteiger partial charge in [0.25, 0.3) is 5.56 Å². The van der Waals surface area contributed by atoms with Gasteiger partial charge in [-0.2, -0.15) is 0 Å². The Morgan fingerprint density at radius 3 is 2.64 bits per heavy atom. The van der Waals surface area contributed by atoms with Crippen molar-refractivity contribution < 1.29 is 9.21 Å². The van der Waals surface area contributed by atoms with Crippen LogP contribution in [0.4, 0.5) is 0 Å². The Balaban J connectivity index is 1.45. The Labute approximate surface area is 161 Å². The average Bonchev–Trinajstić information content (AvgIpc) is 3.05. The Kier molecular flexibility index (Phi) is 4.69. The second kappa shape index (κ2) is 7.31. The predicted octanol–water partition coefficient (Wildman–Crippen LogP) is 3.72. The Hall–Kier alpha value is -3.41. The van der Waals surface area contributed by atoms with Gasteiger partial charge in [-0.05, 0) is 32.0 Å². The van der Waals surface area contributed by atoms with Crippen molar-refractivity contribution >= 4 is 27.8 Å². The number of fused-ring (bicyclic) bond motifs is 2. The first kappa shape index (κ1) is 18.0. The molecule has 0 radical (unpaired) electrons. The number of carbonyl (C=O) groups excluding carboxylic acids is 1. The first-order chi connectivity index (χ1) is 13.5. The fraction of sp³-hybridized carbons (Fsp3) is 0.227. The van der Waals surface area contributed by atoms with E-state index in [0.29, 0.717) is 10.9 Å². The van der Waals surface area contributed by atoms with Crippen LogP contribution >= 0.6 is 0 Å². The third-order valence-corrected chi connectivity index (χ3v) is 4.96. The van der Waals surface area contributed by atoms with E-state index in [2.05, 4.69) is 10.3 Å². The molecule has 1 atom stereocenters. The lowest BCUT2D eigenvalue weighted by Crippen LogP contribution is -2.29. The van der Waals surface area contributed by atoms with Crippen LogP contribution in [0.15, 0.2) is 64.1 Å². The summed E-state index contributed by atoms with van der Waals surface area (Å²) >= 11 is 0. The fourth-order valence-electron chi connectivity index (χ4n) is 3.47. The highest BCUT2D eigenvalue weighted by Gasteiger charge is 2.18. The molecule has 0 aliphatic heterocycles. The van der Waals surface area contributed by atoms with Crippen molar-refractivity contribution in [1.29, 1.82) is 0 Å². The van der Waals surface area contributed by atoms with E-state index in [0.717, 1.165) is 22.3 Å². The molecule has 2 heterocycles. The van der Waals surface area contributed by atoms with Crippen LogP contribution in [0.2, 0.25) is 0 Å². The first-order valence-corrected chi connectivity index (χ1v) is 9.26. The minimum absolute atomic E-state index is 0.139. The first-order valence-electron chi connectivity index (χ1n) is 9.26. The van der Waals surface area contributed by atoms with Gasteiger partial charge in [0.05, 0.1) is 23.3 Å². The average molecular weight is 375 g/mol. The van der Waals surface area contributed by atoms with Crippen LogP contribution in [0.3, 0.4) is 0 Å². The van der Waals surface area contributed by atoms with Crippen LogP contribution in [0.25, 0.3) is 21.9 Å². The lowest BCUT2D eigenvalue weighted by molar-refractivity contribution is -0.122. The third kappa shape index (κ3) is 3.29. The lowest BCUT2D eigenvalue weighted by atomic mass is 10.1. The summed E-state index contributed by atoms with van der Waals surface area (Å²) < 4.78 is 7.38. The molecule has 0 spiro atoms. The smallest absolute Gasteiger partial charge is 0.261 e. The predicted molar refractivity (Wildman–Crippen MR) is 108 cm³/mol. The molecule has 2 aromatic heterocycles. The van der Waals surface area contributed by atoms with Gasteiger partial charge in [-0.1, -0.05) is 30.3 Å². The molecule has 4 aromatic rings. The zero-order valence-corrected chi connectivity index (χ0v) is 15.8. The van der Waals surface area contributed by atoms with Gasteiger partial charge in [-0.25, -0.2) is 4.98 Å². The molecule has 1 N–H and O–H groups in total. The molecule has 0 aliphatic carbocycles. The Bertz CT molecular complexity index is 1220. The summed E-state index contributed by atoms with van der Waals surface area (Å²) in [7, 11) is 0. The van der Waals surface area contributed by atoms with Gasteiger partial charge < -0.3 is 9.73 Å². The molecular weight excluding hydrogens is 354 g/mol. The molecular formula is C22H21N3O3. The topological polar surface area (TPSA) is 77.1 Å². The summed E-state index contributed by atoms with van der Waals surface area (Å²) in [5.41, 5.74) is 2.35. The zero-order chi connectivity index (χ0) is 19.7. The van der Waals surface area contributed by atoms with E-state index in [1.54, 1.807) is 18.2 Å². The molecule has 0 saturated carbocycles. The van der Waals surface area contributed by atoms with E-state index in [-0.39, 0.29) is 30.5 Å². The number of aryl methyl sites for hydroxylation is 2. The summed E-state index contributed by atoms with van der Waals surface area (Å²) in [4.78, 5) is 29.2. The van der Waals surface area contributed by atoms with Crippen LogP contribution in [0.1, 0.15) is 30.7 Å². The second-order valence-corrected chi connectivity index (χ2v) is 6.89. The van der Waals surface area contributed by atoms with Crippen molar-refractivity contribution in [3.8, 4) is 0 Å². The lowest BCUT2D eigenvalue weighted by Gasteiger charge is -2.13. The highest BCUT2D eigenvalue weighted by molar-refractivity contribution is 5.82. The standard InChI is InChI=1S/C22H21N3O3/c1-14-16-7-4-6-10-19(16)28-21(14)15(2)24-20(26)11-12-25-13-23-18-9-5-3-8-17(18)22(25)27/h3-10,13,15H,11-12H2,1-2H3,(H,24,26). The summed E-state index contributed by atoms with van der Waals surface area (Å²) in [5.74, 6) is 0.603. The van der Waals surface area contributed by atoms with Crippen LogP contribution in [-0.4, -0.2) is 15.5 Å². The molecule has 0 saturated heterocycles. The number of rotatable bonds is 5. The Morgan fingerprint density at radius 1 is 1.14 bits per heavy atom. The van der Waals surface area contributed by atoms with E-state index >= 15 is 0 Å². The van der Waals surface area contributed by atoms with E-state index in [9.17, 15) is 9.59 Å². The molecule has 0 aliphatic rings.